The minimum absolute atomic E-state index is 0.0169. The summed E-state index contributed by atoms with van der Waals surface area (Å²) in [5, 5.41) is 3.18. The van der Waals surface area contributed by atoms with Crippen molar-refractivity contribution in [2.24, 2.45) is 17.3 Å². The zero-order valence-electron chi connectivity index (χ0n) is 18.0. The summed E-state index contributed by atoms with van der Waals surface area (Å²) in [6, 6.07) is 0.294. The first-order valence-electron chi connectivity index (χ1n) is 11.6. The molecule has 0 heterocycles. The van der Waals surface area contributed by atoms with Crippen molar-refractivity contribution in [2.45, 2.75) is 96.1 Å². The molecule has 5 aliphatic carbocycles. The van der Waals surface area contributed by atoms with Crippen LogP contribution in [0.15, 0.2) is 0 Å². The van der Waals surface area contributed by atoms with E-state index >= 15 is 0 Å². The second kappa shape index (κ2) is 7.92. The Labute approximate surface area is 174 Å². The van der Waals surface area contributed by atoms with Crippen molar-refractivity contribution in [3.8, 4) is 0 Å². The van der Waals surface area contributed by atoms with Gasteiger partial charge in [-0.1, -0.05) is 19.3 Å². The predicted octanol–water partition coefficient (Wildman–Crippen LogP) is 3.19. The van der Waals surface area contributed by atoms with Gasteiger partial charge in [-0.3, -0.25) is 14.4 Å². The van der Waals surface area contributed by atoms with Crippen LogP contribution in [-0.2, 0) is 19.1 Å². The number of hydrogen-bond donors (Lipinski definition) is 1. The van der Waals surface area contributed by atoms with Gasteiger partial charge in [0.15, 0.2) is 6.61 Å². The summed E-state index contributed by atoms with van der Waals surface area (Å²) in [6.45, 7) is 4.09. The lowest BCUT2D eigenvalue weighted by Gasteiger charge is -2.60. The Kier molecular flexibility index (Phi) is 5.64. The average molecular weight is 405 g/mol. The van der Waals surface area contributed by atoms with E-state index in [-0.39, 0.29) is 29.9 Å². The van der Waals surface area contributed by atoms with Crippen molar-refractivity contribution in [1.29, 1.82) is 0 Å². The van der Waals surface area contributed by atoms with Crippen molar-refractivity contribution >= 4 is 17.8 Å². The summed E-state index contributed by atoms with van der Waals surface area (Å²) in [7, 11) is 0. The first-order valence-corrected chi connectivity index (χ1v) is 11.6. The SMILES string of the molecule is CCN(C(=O)COC(=O)C12C[C@H]3C[C@@H](CC(NC(C)=O)(C3)C1)C2)C1CCCCC1. The molecule has 5 saturated carbocycles. The average Bonchev–Trinajstić information content (AvgIpc) is 2.65. The Morgan fingerprint density at radius 2 is 1.69 bits per heavy atom. The molecular formula is C23H36N2O4. The fourth-order valence-corrected chi connectivity index (χ4v) is 7.42. The first kappa shape index (κ1) is 20.7. The molecular weight excluding hydrogens is 368 g/mol. The van der Waals surface area contributed by atoms with Crippen LogP contribution >= 0.6 is 0 Å². The molecule has 29 heavy (non-hydrogen) atoms. The van der Waals surface area contributed by atoms with E-state index in [9.17, 15) is 14.4 Å². The first-order chi connectivity index (χ1) is 13.8. The van der Waals surface area contributed by atoms with Crippen molar-refractivity contribution < 1.29 is 19.1 Å². The maximum atomic E-state index is 13.2. The van der Waals surface area contributed by atoms with E-state index in [0.717, 1.165) is 44.9 Å². The minimum Gasteiger partial charge on any atom is -0.455 e. The molecule has 0 aromatic rings. The second-order valence-electron chi connectivity index (χ2n) is 10.3. The molecule has 2 atom stereocenters. The molecule has 6 heteroatoms. The molecule has 5 rings (SSSR count). The maximum Gasteiger partial charge on any atom is 0.312 e. The number of hydrogen-bond acceptors (Lipinski definition) is 4. The number of nitrogens with one attached hydrogen (secondary N) is 1. The fourth-order valence-electron chi connectivity index (χ4n) is 7.42. The largest absolute Gasteiger partial charge is 0.455 e. The quantitative estimate of drug-likeness (QED) is 0.690. The van der Waals surface area contributed by atoms with Crippen LogP contribution in [0, 0.1) is 17.3 Å². The van der Waals surface area contributed by atoms with Gasteiger partial charge in [0.05, 0.1) is 5.41 Å². The molecule has 0 saturated heterocycles. The summed E-state index contributed by atoms with van der Waals surface area (Å²) < 4.78 is 5.67. The van der Waals surface area contributed by atoms with E-state index in [0.29, 0.717) is 30.8 Å². The third-order valence-electron chi connectivity index (χ3n) is 7.94. The van der Waals surface area contributed by atoms with Crippen LogP contribution in [0.4, 0.5) is 0 Å². The number of esters is 1. The number of carbonyl (C=O) groups excluding carboxylic acids is 3. The van der Waals surface area contributed by atoms with Gasteiger partial charge in [0, 0.05) is 25.0 Å². The molecule has 1 N–H and O–H groups in total. The molecule has 0 spiro atoms. The van der Waals surface area contributed by atoms with E-state index < -0.39 is 5.41 Å². The highest BCUT2D eigenvalue weighted by atomic mass is 16.5. The third-order valence-corrected chi connectivity index (χ3v) is 7.94. The Morgan fingerprint density at radius 1 is 1.03 bits per heavy atom. The third kappa shape index (κ3) is 4.04. The van der Waals surface area contributed by atoms with Gasteiger partial charge in [-0.25, -0.2) is 0 Å². The molecule has 0 aromatic carbocycles. The van der Waals surface area contributed by atoms with Crippen LogP contribution in [0.2, 0.25) is 0 Å². The zero-order chi connectivity index (χ0) is 20.6. The van der Waals surface area contributed by atoms with Gasteiger partial charge in [0.25, 0.3) is 5.91 Å². The van der Waals surface area contributed by atoms with Gasteiger partial charge in [-0.2, -0.15) is 0 Å². The Balaban J connectivity index is 1.40. The van der Waals surface area contributed by atoms with E-state index in [1.165, 1.54) is 19.3 Å². The maximum absolute atomic E-state index is 13.2. The van der Waals surface area contributed by atoms with E-state index in [2.05, 4.69) is 5.32 Å². The van der Waals surface area contributed by atoms with E-state index in [4.69, 9.17) is 4.74 Å². The standard InChI is InChI=1S/C23H36N2O4/c1-3-25(19-7-5-4-6-8-19)20(27)14-29-21(28)22-10-17-9-18(11-22)13-23(12-17,15-22)24-16(2)26/h17-19H,3-15H2,1-2H3,(H,24,26)/t17-,18-,22?,23?/m1/s1. The summed E-state index contributed by atoms with van der Waals surface area (Å²) in [4.78, 5) is 39.7. The molecule has 162 valence electrons. The number of amides is 2. The molecule has 0 aliphatic heterocycles. The van der Waals surface area contributed by atoms with Gasteiger partial charge in [-0.15, -0.1) is 0 Å². The highest BCUT2D eigenvalue weighted by Crippen LogP contribution is 2.62. The zero-order valence-corrected chi connectivity index (χ0v) is 18.0. The monoisotopic (exact) mass is 404 g/mol. The molecule has 0 unspecified atom stereocenters. The second-order valence-corrected chi connectivity index (χ2v) is 10.3. The van der Waals surface area contributed by atoms with Gasteiger partial charge < -0.3 is 15.0 Å². The van der Waals surface area contributed by atoms with Gasteiger partial charge in [0.2, 0.25) is 5.91 Å². The normalized spacial score (nSPS) is 35.9. The molecule has 4 bridgehead atoms. The van der Waals surface area contributed by atoms with Crippen molar-refractivity contribution in [3.05, 3.63) is 0 Å². The van der Waals surface area contributed by atoms with Gasteiger partial charge in [0.1, 0.15) is 0 Å². The summed E-state index contributed by atoms with van der Waals surface area (Å²) in [5.74, 6) is 0.654. The highest BCUT2D eigenvalue weighted by Gasteiger charge is 2.61. The van der Waals surface area contributed by atoms with Crippen molar-refractivity contribution in [2.75, 3.05) is 13.2 Å². The number of nitrogens with zero attached hydrogens (tertiary/aromatic N) is 1. The summed E-state index contributed by atoms with van der Waals surface area (Å²) in [6.07, 6.45) is 11.2. The van der Waals surface area contributed by atoms with Crippen LogP contribution in [-0.4, -0.2) is 47.4 Å². The Bertz CT molecular complexity index is 656. The van der Waals surface area contributed by atoms with Crippen LogP contribution in [0.1, 0.15) is 84.5 Å². The number of carbonyl (C=O) groups is 3. The molecule has 0 radical (unpaired) electrons. The van der Waals surface area contributed by atoms with Crippen molar-refractivity contribution in [1.82, 2.24) is 10.2 Å². The molecule has 5 fully saturated rings. The van der Waals surface area contributed by atoms with Gasteiger partial charge >= 0.3 is 5.97 Å². The number of likely N-dealkylation sites (N-methyl/N-ethyl adjacent to an activating group) is 1. The summed E-state index contributed by atoms with van der Waals surface area (Å²) >= 11 is 0. The van der Waals surface area contributed by atoms with Crippen LogP contribution in [0.3, 0.4) is 0 Å². The van der Waals surface area contributed by atoms with Crippen LogP contribution < -0.4 is 5.32 Å². The van der Waals surface area contributed by atoms with Crippen molar-refractivity contribution in [3.63, 3.8) is 0 Å². The van der Waals surface area contributed by atoms with Gasteiger partial charge in [-0.05, 0) is 70.1 Å². The lowest BCUT2D eigenvalue weighted by molar-refractivity contribution is -0.178. The molecule has 2 amide bonds. The Hall–Kier alpha value is -1.59. The fraction of sp³-hybridized carbons (Fsp3) is 0.870. The minimum atomic E-state index is -0.519. The summed E-state index contributed by atoms with van der Waals surface area (Å²) in [5.41, 5.74) is -0.773. The lowest BCUT2D eigenvalue weighted by atomic mass is 9.47. The van der Waals surface area contributed by atoms with E-state index in [1.54, 1.807) is 6.92 Å². The van der Waals surface area contributed by atoms with Crippen LogP contribution in [0.25, 0.3) is 0 Å². The topological polar surface area (TPSA) is 75.7 Å². The smallest absolute Gasteiger partial charge is 0.312 e. The highest BCUT2D eigenvalue weighted by molar-refractivity contribution is 5.84. The molecule has 5 aliphatic rings. The lowest BCUT2D eigenvalue weighted by Crippen LogP contribution is -2.64. The molecule has 6 nitrogen and oxygen atoms in total. The predicted molar refractivity (Wildman–Crippen MR) is 109 cm³/mol. The van der Waals surface area contributed by atoms with E-state index in [1.807, 2.05) is 11.8 Å². The number of ether oxygens (including phenoxy) is 1. The molecule has 0 aromatic heterocycles. The number of rotatable bonds is 6. The Morgan fingerprint density at radius 3 is 2.28 bits per heavy atom. The van der Waals surface area contributed by atoms with Crippen LogP contribution in [0.5, 0.6) is 0 Å².